The van der Waals surface area contributed by atoms with E-state index in [4.69, 9.17) is 5.73 Å². The molecule has 1 rings (SSSR count). The molecule has 0 fully saturated rings. The molecule has 1 aliphatic heterocycles. The van der Waals surface area contributed by atoms with Crippen LogP contribution in [0.4, 0.5) is 0 Å². The molecular formula is C9H15NOS. The molecule has 0 saturated carbocycles. The molecule has 0 bridgehead atoms. The van der Waals surface area contributed by atoms with Crippen molar-refractivity contribution in [1.82, 2.24) is 0 Å². The van der Waals surface area contributed by atoms with E-state index >= 15 is 0 Å². The summed E-state index contributed by atoms with van der Waals surface area (Å²) in [5.74, 6) is 0.716. The third-order valence-electron chi connectivity index (χ3n) is 2.00. The third-order valence-corrected chi connectivity index (χ3v) is 3.17. The van der Waals surface area contributed by atoms with Crippen molar-refractivity contribution in [3.8, 4) is 0 Å². The highest BCUT2D eigenvalue weighted by Gasteiger charge is 2.24. The standard InChI is InChI=1S/C9H15NOS/c1-3-4-7-6(2)12-5-8(11)9(7)10/h3-4,8-9,11H,5,10H2,1-2H3/b4-3-. The van der Waals surface area contributed by atoms with E-state index in [9.17, 15) is 5.11 Å². The van der Waals surface area contributed by atoms with Crippen LogP contribution < -0.4 is 5.73 Å². The quantitative estimate of drug-likeness (QED) is 0.646. The number of aliphatic hydroxyl groups is 1. The predicted molar refractivity (Wildman–Crippen MR) is 54.0 cm³/mol. The van der Waals surface area contributed by atoms with E-state index in [1.165, 1.54) is 4.91 Å². The van der Waals surface area contributed by atoms with Crippen LogP contribution in [0.5, 0.6) is 0 Å². The molecule has 0 aromatic heterocycles. The lowest BCUT2D eigenvalue weighted by Crippen LogP contribution is -2.40. The van der Waals surface area contributed by atoms with Crippen molar-refractivity contribution in [3.63, 3.8) is 0 Å². The maximum Gasteiger partial charge on any atom is 0.0826 e. The molecule has 0 aromatic carbocycles. The minimum atomic E-state index is -0.398. The molecular weight excluding hydrogens is 170 g/mol. The summed E-state index contributed by atoms with van der Waals surface area (Å²) in [4.78, 5) is 1.23. The van der Waals surface area contributed by atoms with Crippen LogP contribution in [-0.4, -0.2) is 23.0 Å². The Bertz CT molecular complexity index is 223. The molecule has 2 unspecified atom stereocenters. The summed E-state index contributed by atoms with van der Waals surface area (Å²) in [7, 11) is 0. The topological polar surface area (TPSA) is 46.2 Å². The van der Waals surface area contributed by atoms with Crippen molar-refractivity contribution in [3.05, 3.63) is 22.6 Å². The van der Waals surface area contributed by atoms with Crippen LogP contribution in [-0.2, 0) is 0 Å². The van der Waals surface area contributed by atoms with Gasteiger partial charge in [-0.2, -0.15) is 0 Å². The van der Waals surface area contributed by atoms with Gasteiger partial charge in [0.15, 0.2) is 0 Å². The molecule has 0 aliphatic carbocycles. The average molecular weight is 185 g/mol. The fraction of sp³-hybridized carbons (Fsp3) is 0.556. The highest BCUT2D eigenvalue weighted by Crippen LogP contribution is 2.29. The molecule has 0 saturated heterocycles. The minimum Gasteiger partial charge on any atom is -0.390 e. The van der Waals surface area contributed by atoms with E-state index in [2.05, 4.69) is 0 Å². The monoisotopic (exact) mass is 185 g/mol. The average Bonchev–Trinajstić information content (AvgIpc) is 2.06. The second-order valence-electron chi connectivity index (χ2n) is 2.92. The maximum atomic E-state index is 9.48. The van der Waals surface area contributed by atoms with Crippen molar-refractivity contribution in [1.29, 1.82) is 0 Å². The number of hydrogen-bond donors (Lipinski definition) is 2. The lowest BCUT2D eigenvalue weighted by molar-refractivity contribution is 0.180. The fourth-order valence-corrected chi connectivity index (χ4v) is 2.25. The van der Waals surface area contributed by atoms with Crippen LogP contribution in [0.1, 0.15) is 13.8 Å². The SMILES string of the molecule is C/C=C\C1=C(C)SCC(O)C1N. The molecule has 3 N–H and O–H groups in total. The summed E-state index contributed by atoms with van der Waals surface area (Å²) in [5, 5.41) is 9.48. The van der Waals surface area contributed by atoms with Crippen LogP contribution in [0, 0.1) is 0 Å². The van der Waals surface area contributed by atoms with E-state index in [-0.39, 0.29) is 6.04 Å². The zero-order valence-electron chi connectivity index (χ0n) is 7.45. The number of hydrogen-bond acceptors (Lipinski definition) is 3. The van der Waals surface area contributed by atoms with E-state index in [0.29, 0.717) is 5.75 Å². The van der Waals surface area contributed by atoms with Crippen LogP contribution >= 0.6 is 11.8 Å². The third kappa shape index (κ3) is 1.91. The number of rotatable bonds is 1. The summed E-state index contributed by atoms with van der Waals surface area (Å²) in [6, 6.07) is -0.206. The van der Waals surface area contributed by atoms with E-state index < -0.39 is 6.10 Å². The molecule has 0 radical (unpaired) electrons. The van der Waals surface area contributed by atoms with Gasteiger partial charge in [-0.15, -0.1) is 11.8 Å². The number of thioether (sulfide) groups is 1. The molecule has 0 spiro atoms. The van der Waals surface area contributed by atoms with E-state index in [1.54, 1.807) is 11.8 Å². The Morgan fingerprint density at radius 2 is 2.33 bits per heavy atom. The Kier molecular flexibility index (Phi) is 3.38. The van der Waals surface area contributed by atoms with Gasteiger partial charge in [0, 0.05) is 5.75 Å². The summed E-state index contributed by atoms with van der Waals surface area (Å²) >= 11 is 1.68. The van der Waals surface area contributed by atoms with Gasteiger partial charge in [-0.25, -0.2) is 0 Å². The normalized spacial score (nSPS) is 31.7. The summed E-state index contributed by atoms with van der Waals surface area (Å²) in [6.07, 6.45) is 3.54. The van der Waals surface area contributed by atoms with Crippen molar-refractivity contribution < 1.29 is 5.11 Å². The number of allylic oxidation sites excluding steroid dienone is 2. The van der Waals surface area contributed by atoms with Crippen LogP contribution in [0.15, 0.2) is 22.6 Å². The summed E-state index contributed by atoms with van der Waals surface area (Å²) in [6.45, 7) is 4.00. The highest BCUT2D eigenvalue weighted by atomic mass is 32.2. The van der Waals surface area contributed by atoms with Crippen molar-refractivity contribution >= 4 is 11.8 Å². The van der Waals surface area contributed by atoms with E-state index in [0.717, 1.165) is 5.57 Å². The second-order valence-corrected chi connectivity index (χ2v) is 4.15. The lowest BCUT2D eigenvalue weighted by Gasteiger charge is -2.26. The van der Waals surface area contributed by atoms with Crippen LogP contribution in [0.25, 0.3) is 0 Å². The Morgan fingerprint density at radius 3 is 2.92 bits per heavy atom. The van der Waals surface area contributed by atoms with Crippen LogP contribution in [0.2, 0.25) is 0 Å². The molecule has 12 heavy (non-hydrogen) atoms. The first-order chi connectivity index (χ1) is 5.66. The zero-order valence-corrected chi connectivity index (χ0v) is 8.27. The fourth-order valence-electron chi connectivity index (χ4n) is 1.25. The van der Waals surface area contributed by atoms with Gasteiger partial charge in [0.1, 0.15) is 0 Å². The van der Waals surface area contributed by atoms with Gasteiger partial charge >= 0.3 is 0 Å². The smallest absolute Gasteiger partial charge is 0.0826 e. The minimum absolute atomic E-state index is 0.206. The Hall–Kier alpha value is -0.250. The number of nitrogens with two attached hydrogens (primary N) is 1. The van der Waals surface area contributed by atoms with Gasteiger partial charge in [0.05, 0.1) is 12.1 Å². The van der Waals surface area contributed by atoms with Crippen molar-refractivity contribution in [2.45, 2.75) is 26.0 Å². The first-order valence-electron chi connectivity index (χ1n) is 4.06. The molecule has 2 atom stereocenters. The van der Waals surface area contributed by atoms with Gasteiger partial charge in [-0.05, 0) is 24.3 Å². The molecule has 3 heteroatoms. The second kappa shape index (κ2) is 4.12. The van der Waals surface area contributed by atoms with Gasteiger partial charge in [-0.3, -0.25) is 0 Å². The van der Waals surface area contributed by atoms with E-state index in [1.807, 2.05) is 26.0 Å². The van der Waals surface area contributed by atoms with Gasteiger partial charge in [-0.1, -0.05) is 12.2 Å². The Labute approximate surface area is 77.5 Å². The Morgan fingerprint density at radius 1 is 1.67 bits per heavy atom. The Balaban J connectivity index is 2.88. The van der Waals surface area contributed by atoms with Gasteiger partial charge < -0.3 is 10.8 Å². The molecule has 0 amide bonds. The summed E-state index contributed by atoms with van der Waals surface area (Å²) < 4.78 is 0. The number of aliphatic hydroxyl groups excluding tert-OH is 1. The van der Waals surface area contributed by atoms with Crippen molar-refractivity contribution in [2.75, 3.05) is 5.75 Å². The summed E-state index contributed by atoms with van der Waals surface area (Å²) in [5.41, 5.74) is 6.90. The molecule has 1 aliphatic rings. The molecule has 0 aromatic rings. The van der Waals surface area contributed by atoms with Crippen LogP contribution in [0.3, 0.4) is 0 Å². The maximum absolute atomic E-state index is 9.48. The van der Waals surface area contributed by atoms with Gasteiger partial charge in [0.2, 0.25) is 0 Å². The largest absolute Gasteiger partial charge is 0.390 e. The first-order valence-corrected chi connectivity index (χ1v) is 5.05. The molecule has 2 nitrogen and oxygen atoms in total. The highest BCUT2D eigenvalue weighted by molar-refractivity contribution is 8.03. The molecule has 68 valence electrons. The predicted octanol–water partition coefficient (Wildman–Crippen LogP) is 1.27. The lowest BCUT2D eigenvalue weighted by atomic mass is 10.0. The molecule has 1 heterocycles. The first kappa shape index (κ1) is 9.84. The van der Waals surface area contributed by atoms with Crippen molar-refractivity contribution in [2.24, 2.45) is 5.73 Å². The van der Waals surface area contributed by atoms with Gasteiger partial charge in [0.25, 0.3) is 0 Å². The zero-order chi connectivity index (χ0) is 9.14.